The van der Waals surface area contributed by atoms with Crippen LogP contribution >= 0.6 is 23.5 Å². The highest BCUT2D eigenvalue weighted by Gasteiger charge is 2.39. The van der Waals surface area contributed by atoms with Gasteiger partial charge in [-0.15, -0.1) is 23.5 Å². The van der Waals surface area contributed by atoms with Gasteiger partial charge in [-0.1, -0.05) is 0 Å². The number of nitrogens with one attached hydrogen (secondary N) is 2. The van der Waals surface area contributed by atoms with Crippen LogP contribution in [0.15, 0.2) is 0 Å². The molecule has 0 aromatic carbocycles. The molecule has 1 spiro atoms. The van der Waals surface area contributed by atoms with Crippen LogP contribution in [0.3, 0.4) is 0 Å². The average Bonchev–Trinajstić information content (AvgIpc) is 2.30. The summed E-state index contributed by atoms with van der Waals surface area (Å²) < 4.78 is 4.91. The van der Waals surface area contributed by atoms with Crippen molar-refractivity contribution in [2.24, 2.45) is 0 Å². The van der Waals surface area contributed by atoms with E-state index in [0.717, 1.165) is 13.1 Å². The Labute approximate surface area is 98.3 Å². The third-order valence-corrected chi connectivity index (χ3v) is 5.93. The van der Waals surface area contributed by atoms with E-state index in [1.165, 1.54) is 25.0 Å². The van der Waals surface area contributed by atoms with Gasteiger partial charge in [0.2, 0.25) is 0 Å². The SMILES string of the molecule is COC(=O)C1NCC2(CN1)SCCCS2. The molecular weight excluding hydrogens is 232 g/mol. The van der Waals surface area contributed by atoms with E-state index in [1.54, 1.807) is 0 Å². The van der Waals surface area contributed by atoms with Crippen LogP contribution in [0.2, 0.25) is 0 Å². The standard InChI is InChI=1S/C9H16N2O2S2/c1-13-8(12)7-10-5-9(6-11-7)14-3-2-4-15-9/h7,10-11H,2-6H2,1H3. The van der Waals surface area contributed by atoms with Crippen molar-refractivity contribution < 1.29 is 9.53 Å². The Kier molecular flexibility index (Phi) is 3.82. The maximum absolute atomic E-state index is 11.3. The molecule has 6 heteroatoms. The Bertz CT molecular complexity index is 234. The number of carbonyl (C=O) groups is 1. The van der Waals surface area contributed by atoms with Crippen LogP contribution in [0.4, 0.5) is 0 Å². The largest absolute Gasteiger partial charge is 0.467 e. The molecule has 2 heterocycles. The van der Waals surface area contributed by atoms with Crippen LogP contribution in [0, 0.1) is 0 Å². The Morgan fingerprint density at radius 1 is 1.33 bits per heavy atom. The van der Waals surface area contributed by atoms with Gasteiger partial charge in [0, 0.05) is 13.1 Å². The molecule has 0 saturated carbocycles. The van der Waals surface area contributed by atoms with Crippen LogP contribution in [0.25, 0.3) is 0 Å². The zero-order valence-corrected chi connectivity index (χ0v) is 10.4. The van der Waals surface area contributed by atoms with Gasteiger partial charge in [-0.2, -0.15) is 0 Å². The van der Waals surface area contributed by atoms with E-state index in [1.807, 2.05) is 23.5 Å². The number of rotatable bonds is 1. The van der Waals surface area contributed by atoms with Crippen LogP contribution in [0.5, 0.6) is 0 Å². The highest BCUT2D eigenvalue weighted by atomic mass is 32.2. The predicted octanol–water partition coefficient (Wildman–Crippen LogP) is 0.245. The molecule has 0 aromatic heterocycles. The number of ether oxygens (including phenoxy) is 1. The number of esters is 1. The number of hydrogen-bond acceptors (Lipinski definition) is 6. The molecule has 0 atom stereocenters. The Morgan fingerprint density at radius 2 is 1.93 bits per heavy atom. The molecule has 2 aliphatic heterocycles. The predicted molar refractivity (Wildman–Crippen MR) is 64.1 cm³/mol. The third kappa shape index (κ3) is 2.61. The summed E-state index contributed by atoms with van der Waals surface area (Å²) in [6, 6.07) is 0. The van der Waals surface area contributed by atoms with Crippen molar-refractivity contribution in [3.05, 3.63) is 0 Å². The van der Waals surface area contributed by atoms with E-state index >= 15 is 0 Å². The topological polar surface area (TPSA) is 50.4 Å². The molecule has 2 aliphatic rings. The lowest BCUT2D eigenvalue weighted by Gasteiger charge is -2.41. The average molecular weight is 248 g/mol. The van der Waals surface area contributed by atoms with Gasteiger partial charge < -0.3 is 4.74 Å². The second-order valence-corrected chi connectivity index (χ2v) is 6.89. The van der Waals surface area contributed by atoms with E-state index in [-0.39, 0.29) is 16.2 Å². The van der Waals surface area contributed by atoms with E-state index in [2.05, 4.69) is 15.4 Å². The van der Waals surface area contributed by atoms with E-state index in [9.17, 15) is 4.79 Å². The van der Waals surface area contributed by atoms with Gasteiger partial charge in [-0.05, 0) is 17.9 Å². The maximum atomic E-state index is 11.3. The number of carbonyl (C=O) groups excluding carboxylic acids is 1. The summed E-state index contributed by atoms with van der Waals surface area (Å²) in [6.07, 6.45) is 0.959. The third-order valence-electron chi connectivity index (χ3n) is 2.61. The minimum Gasteiger partial charge on any atom is -0.467 e. The van der Waals surface area contributed by atoms with Crippen molar-refractivity contribution in [2.75, 3.05) is 31.7 Å². The number of methoxy groups -OCH3 is 1. The van der Waals surface area contributed by atoms with Crippen molar-refractivity contribution in [2.45, 2.75) is 16.7 Å². The fourth-order valence-corrected chi connectivity index (χ4v) is 4.83. The second-order valence-electron chi connectivity index (χ2n) is 3.68. The molecule has 2 fully saturated rings. The monoisotopic (exact) mass is 248 g/mol. The fourth-order valence-electron chi connectivity index (χ4n) is 1.76. The van der Waals surface area contributed by atoms with Crippen molar-refractivity contribution in [3.63, 3.8) is 0 Å². The number of thioether (sulfide) groups is 2. The molecule has 0 bridgehead atoms. The molecular formula is C9H16N2O2S2. The van der Waals surface area contributed by atoms with Gasteiger partial charge in [0.05, 0.1) is 11.2 Å². The van der Waals surface area contributed by atoms with Crippen molar-refractivity contribution >= 4 is 29.5 Å². The van der Waals surface area contributed by atoms with Gasteiger partial charge in [0.25, 0.3) is 0 Å². The summed E-state index contributed by atoms with van der Waals surface area (Å²) in [6.45, 7) is 1.74. The van der Waals surface area contributed by atoms with Gasteiger partial charge in [-0.3, -0.25) is 10.6 Å². The minimum atomic E-state index is -0.330. The van der Waals surface area contributed by atoms with Crippen LogP contribution < -0.4 is 10.6 Å². The fraction of sp³-hybridized carbons (Fsp3) is 0.889. The number of hydrogen-bond donors (Lipinski definition) is 2. The lowest BCUT2D eigenvalue weighted by molar-refractivity contribution is -0.144. The summed E-state index contributed by atoms with van der Waals surface area (Å²) in [4.78, 5) is 11.3. The molecule has 0 amide bonds. The van der Waals surface area contributed by atoms with Crippen LogP contribution in [-0.4, -0.2) is 47.9 Å². The zero-order valence-electron chi connectivity index (χ0n) is 8.75. The highest BCUT2D eigenvalue weighted by Crippen LogP contribution is 2.42. The van der Waals surface area contributed by atoms with Crippen molar-refractivity contribution in [1.82, 2.24) is 10.6 Å². The lowest BCUT2D eigenvalue weighted by Crippen LogP contribution is -2.62. The zero-order chi connectivity index (χ0) is 10.7. The maximum Gasteiger partial charge on any atom is 0.337 e. The smallest absolute Gasteiger partial charge is 0.337 e. The van der Waals surface area contributed by atoms with E-state index in [0.29, 0.717) is 0 Å². The van der Waals surface area contributed by atoms with Gasteiger partial charge in [0.1, 0.15) is 0 Å². The molecule has 0 aliphatic carbocycles. The highest BCUT2D eigenvalue weighted by molar-refractivity contribution is 8.18. The summed E-state index contributed by atoms with van der Waals surface area (Å²) >= 11 is 3.99. The molecule has 0 unspecified atom stereocenters. The Morgan fingerprint density at radius 3 is 2.47 bits per heavy atom. The normalized spacial score (nSPS) is 26.5. The molecule has 0 radical (unpaired) electrons. The van der Waals surface area contributed by atoms with Crippen molar-refractivity contribution in [3.8, 4) is 0 Å². The van der Waals surface area contributed by atoms with Crippen LogP contribution in [0.1, 0.15) is 6.42 Å². The molecule has 2 saturated heterocycles. The van der Waals surface area contributed by atoms with Gasteiger partial charge >= 0.3 is 5.97 Å². The summed E-state index contributed by atoms with van der Waals surface area (Å²) in [5.74, 6) is 2.22. The minimum absolute atomic E-state index is 0.225. The quantitative estimate of drug-likeness (QED) is 0.649. The molecule has 86 valence electrons. The lowest BCUT2D eigenvalue weighted by atomic mass is 10.3. The molecule has 2 rings (SSSR count). The Balaban J connectivity index is 1.88. The van der Waals surface area contributed by atoms with Gasteiger partial charge in [0.15, 0.2) is 6.17 Å². The summed E-state index contributed by atoms with van der Waals surface area (Å²) in [7, 11) is 1.42. The second kappa shape index (κ2) is 4.95. The van der Waals surface area contributed by atoms with Gasteiger partial charge in [-0.25, -0.2) is 4.79 Å². The molecule has 2 N–H and O–H groups in total. The molecule has 15 heavy (non-hydrogen) atoms. The Hall–Kier alpha value is 0.0900. The first-order valence-electron chi connectivity index (χ1n) is 5.08. The summed E-state index contributed by atoms with van der Waals surface area (Å²) in [5.41, 5.74) is 0. The van der Waals surface area contributed by atoms with E-state index < -0.39 is 0 Å². The van der Waals surface area contributed by atoms with E-state index in [4.69, 9.17) is 0 Å². The first kappa shape index (κ1) is 11.6. The summed E-state index contributed by atoms with van der Waals surface area (Å²) in [5, 5.41) is 6.41. The first-order valence-corrected chi connectivity index (χ1v) is 7.05. The van der Waals surface area contributed by atoms with Crippen molar-refractivity contribution in [1.29, 1.82) is 0 Å². The van der Waals surface area contributed by atoms with Crippen LogP contribution in [-0.2, 0) is 9.53 Å². The molecule has 4 nitrogen and oxygen atoms in total. The molecule has 0 aromatic rings. The first-order chi connectivity index (χ1) is 7.26.